The van der Waals surface area contributed by atoms with Crippen LogP contribution in [0.4, 0.5) is 5.00 Å². The van der Waals surface area contributed by atoms with Crippen LogP contribution in [-0.2, 0) is 6.42 Å². The molecule has 0 saturated heterocycles. The Morgan fingerprint density at radius 2 is 2.21 bits per heavy atom. The molecule has 0 aliphatic carbocycles. The molecule has 0 atom stereocenters. The third kappa shape index (κ3) is 2.54. The monoisotopic (exact) mass is 274 g/mol. The highest BCUT2D eigenvalue weighted by atomic mass is 32.1. The molecule has 0 aliphatic heterocycles. The number of nitrogens with zero attached hydrogens (tertiary/aromatic N) is 1. The van der Waals surface area contributed by atoms with Crippen LogP contribution in [0.2, 0.25) is 0 Å². The largest absolute Gasteiger partial charge is 0.456 e. The van der Waals surface area contributed by atoms with E-state index >= 15 is 0 Å². The van der Waals surface area contributed by atoms with Crippen molar-refractivity contribution in [3.8, 4) is 6.07 Å². The molecule has 0 radical (unpaired) electrons. The van der Waals surface area contributed by atoms with Gasteiger partial charge in [-0.1, -0.05) is 6.92 Å². The molecule has 0 fully saturated rings. The minimum Gasteiger partial charge on any atom is -0.456 e. The quantitative estimate of drug-likeness (QED) is 0.929. The summed E-state index contributed by atoms with van der Waals surface area (Å²) in [6, 6.07) is 5.52. The summed E-state index contributed by atoms with van der Waals surface area (Å²) in [5.41, 5.74) is 1.56. The van der Waals surface area contributed by atoms with Crippen molar-refractivity contribution in [3.05, 3.63) is 39.7 Å². The first-order valence-electron chi connectivity index (χ1n) is 5.97. The van der Waals surface area contributed by atoms with Crippen LogP contribution < -0.4 is 5.32 Å². The van der Waals surface area contributed by atoms with Gasteiger partial charge in [-0.25, -0.2) is 0 Å². The van der Waals surface area contributed by atoms with Crippen LogP contribution >= 0.6 is 11.3 Å². The summed E-state index contributed by atoms with van der Waals surface area (Å²) in [6.45, 7) is 5.73. The third-order valence-electron chi connectivity index (χ3n) is 2.87. The Morgan fingerprint density at radius 3 is 2.74 bits per heavy atom. The van der Waals surface area contributed by atoms with Gasteiger partial charge in [0.1, 0.15) is 16.8 Å². The Labute approximate surface area is 115 Å². The second-order valence-corrected chi connectivity index (χ2v) is 5.40. The number of nitriles is 1. The van der Waals surface area contributed by atoms with E-state index in [1.54, 1.807) is 19.1 Å². The van der Waals surface area contributed by atoms with Gasteiger partial charge in [0.2, 0.25) is 0 Å². The van der Waals surface area contributed by atoms with Crippen LogP contribution in [0.5, 0.6) is 0 Å². The zero-order valence-electron chi connectivity index (χ0n) is 11.0. The van der Waals surface area contributed by atoms with Gasteiger partial charge in [-0.2, -0.15) is 5.26 Å². The highest BCUT2D eigenvalue weighted by Crippen LogP contribution is 2.33. The molecule has 2 heterocycles. The average Bonchev–Trinajstić information content (AvgIpc) is 2.92. The van der Waals surface area contributed by atoms with Crippen molar-refractivity contribution < 1.29 is 9.21 Å². The maximum Gasteiger partial charge on any atom is 0.292 e. The summed E-state index contributed by atoms with van der Waals surface area (Å²) in [6.07, 6.45) is 0.779. The second-order valence-electron chi connectivity index (χ2n) is 4.17. The van der Waals surface area contributed by atoms with Crippen LogP contribution in [0.1, 0.15) is 39.2 Å². The number of amides is 1. The van der Waals surface area contributed by atoms with Crippen LogP contribution in [0.3, 0.4) is 0 Å². The number of nitrogens with one attached hydrogen (secondary N) is 1. The molecule has 0 unspecified atom stereocenters. The van der Waals surface area contributed by atoms with E-state index in [-0.39, 0.29) is 11.7 Å². The molecule has 2 aromatic heterocycles. The van der Waals surface area contributed by atoms with Crippen molar-refractivity contribution in [2.24, 2.45) is 0 Å². The molecule has 98 valence electrons. The Morgan fingerprint density at radius 1 is 1.47 bits per heavy atom. The standard InChI is InChI=1S/C14H14N2O2S/c1-4-10-9(3)19-14(11(10)7-15)16-13(17)12-6-5-8(2)18-12/h5-6H,4H2,1-3H3,(H,16,17). The fourth-order valence-electron chi connectivity index (χ4n) is 1.93. The Hall–Kier alpha value is -2.06. The zero-order chi connectivity index (χ0) is 14.0. The lowest BCUT2D eigenvalue weighted by Crippen LogP contribution is -2.10. The molecule has 0 saturated carbocycles. The lowest BCUT2D eigenvalue weighted by Gasteiger charge is -2.00. The lowest BCUT2D eigenvalue weighted by molar-refractivity contribution is 0.0996. The first-order chi connectivity index (χ1) is 9.06. The predicted octanol–water partition coefficient (Wildman–Crippen LogP) is 3.64. The van der Waals surface area contributed by atoms with Gasteiger partial charge in [0, 0.05) is 4.88 Å². The van der Waals surface area contributed by atoms with Gasteiger partial charge in [0.25, 0.3) is 5.91 Å². The molecule has 0 aromatic carbocycles. The molecule has 0 bridgehead atoms. The van der Waals surface area contributed by atoms with E-state index in [9.17, 15) is 10.1 Å². The minimum atomic E-state index is -0.325. The normalized spacial score (nSPS) is 10.2. The molecule has 2 aromatic rings. The zero-order valence-corrected chi connectivity index (χ0v) is 11.9. The second kappa shape index (κ2) is 5.29. The average molecular weight is 274 g/mol. The van der Waals surface area contributed by atoms with E-state index in [1.165, 1.54) is 11.3 Å². The van der Waals surface area contributed by atoms with E-state index in [0.717, 1.165) is 16.9 Å². The summed E-state index contributed by atoms with van der Waals surface area (Å²) >= 11 is 1.42. The van der Waals surface area contributed by atoms with Gasteiger partial charge in [0.05, 0.1) is 5.56 Å². The summed E-state index contributed by atoms with van der Waals surface area (Å²) < 4.78 is 5.26. The Kier molecular flexibility index (Phi) is 3.72. The van der Waals surface area contributed by atoms with Gasteiger partial charge >= 0.3 is 0 Å². The molecular weight excluding hydrogens is 260 g/mol. The van der Waals surface area contributed by atoms with Gasteiger partial charge in [-0.3, -0.25) is 4.79 Å². The summed E-state index contributed by atoms with van der Waals surface area (Å²) in [5.74, 6) is 0.612. The van der Waals surface area contributed by atoms with E-state index < -0.39 is 0 Å². The maximum atomic E-state index is 12.0. The number of hydrogen-bond acceptors (Lipinski definition) is 4. The minimum absolute atomic E-state index is 0.255. The van der Waals surface area contributed by atoms with Crippen molar-refractivity contribution in [2.45, 2.75) is 27.2 Å². The van der Waals surface area contributed by atoms with Gasteiger partial charge < -0.3 is 9.73 Å². The number of aryl methyl sites for hydroxylation is 2. The highest BCUT2D eigenvalue weighted by molar-refractivity contribution is 7.16. The van der Waals surface area contributed by atoms with Gasteiger partial charge in [0.15, 0.2) is 5.76 Å². The molecule has 19 heavy (non-hydrogen) atoms. The van der Waals surface area contributed by atoms with Gasteiger partial charge in [-0.15, -0.1) is 11.3 Å². The van der Waals surface area contributed by atoms with Crippen LogP contribution in [0.25, 0.3) is 0 Å². The third-order valence-corrected chi connectivity index (χ3v) is 3.93. The topological polar surface area (TPSA) is 66.0 Å². The van der Waals surface area contributed by atoms with E-state index in [1.807, 2.05) is 13.8 Å². The van der Waals surface area contributed by atoms with Crippen molar-refractivity contribution >= 4 is 22.2 Å². The lowest BCUT2D eigenvalue weighted by atomic mass is 10.1. The molecule has 2 rings (SSSR count). The molecule has 4 nitrogen and oxygen atoms in total. The summed E-state index contributed by atoms with van der Waals surface area (Å²) in [4.78, 5) is 13.1. The number of rotatable bonds is 3. The van der Waals surface area contributed by atoms with Crippen molar-refractivity contribution in [2.75, 3.05) is 5.32 Å². The number of carbonyl (C=O) groups is 1. The van der Waals surface area contributed by atoms with E-state index in [4.69, 9.17) is 4.42 Å². The van der Waals surface area contributed by atoms with Gasteiger partial charge in [-0.05, 0) is 38.0 Å². The number of hydrogen-bond donors (Lipinski definition) is 1. The predicted molar refractivity (Wildman–Crippen MR) is 74.5 cm³/mol. The van der Waals surface area contributed by atoms with Crippen molar-refractivity contribution in [1.82, 2.24) is 0 Å². The van der Waals surface area contributed by atoms with Crippen molar-refractivity contribution in [1.29, 1.82) is 5.26 Å². The Bertz CT molecular complexity index is 662. The summed E-state index contributed by atoms with van der Waals surface area (Å²) in [7, 11) is 0. The molecular formula is C14H14N2O2S. The van der Waals surface area contributed by atoms with Crippen LogP contribution in [-0.4, -0.2) is 5.91 Å². The van der Waals surface area contributed by atoms with E-state index in [2.05, 4.69) is 11.4 Å². The van der Waals surface area contributed by atoms with E-state index in [0.29, 0.717) is 16.3 Å². The molecule has 0 aliphatic rings. The molecule has 5 heteroatoms. The summed E-state index contributed by atoms with van der Waals surface area (Å²) in [5, 5.41) is 12.6. The smallest absolute Gasteiger partial charge is 0.292 e. The molecule has 1 amide bonds. The highest BCUT2D eigenvalue weighted by Gasteiger charge is 2.18. The number of furan rings is 1. The maximum absolute atomic E-state index is 12.0. The fourth-order valence-corrected chi connectivity index (χ4v) is 3.02. The fraction of sp³-hybridized carbons (Fsp3) is 0.286. The first-order valence-corrected chi connectivity index (χ1v) is 6.78. The number of carbonyl (C=O) groups excluding carboxylic acids is 1. The van der Waals surface area contributed by atoms with Crippen molar-refractivity contribution in [3.63, 3.8) is 0 Å². The molecule has 0 spiro atoms. The molecule has 1 N–H and O–H groups in total. The first kappa shape index (κ1) is 13.4. The van der Waals surface area contributed by atoms with Crippen LogP contribution in [0.15, 0.2) is 16.5 Å². The van der Waals surface area contributed by atoms with Crippen LogP contribution in [0, 0.1) is 25.2 Å². The number of thiophene rings is 1. The number of anilines is 1. The SMILES string of the molecule is CCc1c(C)sc(NC(=O)c2ccc(C)o2)c1C#N. The Balaban J connectivity index is 2.29.